The highest BCUT2D eigenvalue weighted by molar-refractivity contribution is 7.15. The molecule has 1 aromatic heterocycles. The van der Waals surface area contributed by atoms with Gasteiger partial charge in [0.25, 0.3) is 0 Å². The van der Waals surface area contributed by atoms with E-state index in [0.29, 0.717) is 18.2 Å². The minimum Gasteiger partial charge on any atom is -0.378 e. The van der Waals surface area contributed by atoms with Crippen molar-refractivity contribution in [2.24, 2.45) is 11.1 Å². The molecule has 2 rings (SSSR count). The summed E-state index contributed by atoms with van der Waals surface area (Å²) in [5, 5.41) is 3.52. The second kappa shape index (κ2) is 5.66. The second-order valence-corrected chi connectivity index (χ2v) is 7.37. The van der Waals surface area contributed by atoms with Crippen LogP contribution in [-0.2, 0) is 16.0 Å². The molecule has 0 radical (unpaired) electrons. The first kappa shape index (κ1) is 16.4. The maximum atomic E-state index is 12.6. The van der Waals surface area contributed by atoms with Gasteiger partial charge in [0, 0.05) is 23.3 Å². The molecule has 0 aliphatic heterocycles. The van der Waals surface area contributed by atoms with Crippen LogP contribution in [0.1, 0.15) is 44.7 Å². The molecule has 0 spiro atoms. The van der Waals surface area contributed by atoms with Gasteiger partial charge in [0.1, 0.15) is 5.54 Å². The van der Waals surface area contributed by atoms with E-state index in [2.05, 4.69) is 17.2 Å². The summed E-state index contributed by atoms with van der Waals surface area (Å²) < 4.78 is 5.66. The molecule has 1 fully saturated rings. The average Bonchev–Trinajstić information content (AvgIpc) is 2.78. The number of rotatable bonds is 5. The highest BCUT2D eigenvalue weighted by Crippen LogP contribution is 2.50. The molecular weight excluding hydrogens is 286 g/mol. The number of nitrogens with zero attached hydrogens (tertiary/aromatic N) is 1. The standard InChI is InChI=1S/C15H25N3O2S/c1-6-10-9(3)21-13(17-10)18-12(19)15(16)8-11(20-7-2)14(15,4)5/h11H,6-8,16H2,1-5H3,(H,17,18,19). The normalized spacial score (nSPS) is 27.2. The summed E-state index contributed by atoms with van der Waals surface area (Å²) in [6, 6.07) is 0. The first-order chi connectivity index (χ1) is 9.76. The fourth-order valence-electron chi connectivity index (χ4n) is 2.84. The van der Waals surface area contributed by atoms with Crippen LogP contribution in [-0.4, -0.2) is 29.1 Å². The molecule has 2 unspecified atom stereocenters. The Morgan fingerprint density at radius 3 is 2.67 bits per heavy atom. The molecule has 3 N–H and O–H groups in total. The van der Waals surface area contributed by atoms with E-state index >= 15 is 0 Å². The van der Waals surface area contributed by atoms with Gasteiger partial charge in [0.2, 0.25) is 5.91 Å². The van der Waals surface area contributed by atoms with Crippen LogP contribution in [0.5, 0.6) is 0 Å². The number of carbonyl (C=O) groups excluding carboxylic acids is 1. The zero-order valence-corrected chi connectivity index (χ0v) is 14.3. The maximum Gasteiger partial charge on any atom is 0.246 e. The number of carbonyl (C=O) groups is 1. The molecule has 1 saturated carbocycles. The molecule has 2 atom stereocenters. The van der Waals surface area contributed by atoms with Crippen molar-refractivity contribution in [2.45, 2.75) is 59.1 Å². The Kier molecular flexibility index (Phi) is 4.42. The molecule has 21 heavy (non-hydrogen) atoms. The summed E-state index contributed by atoms with van der Waals surface area (Å²) in [6.45, 7) is 10.6. The molecule has 1 heterocycles. The van der Waals surface area contributed by atoms with Crippen LogP contribution in [0.2, 0.25) is 0 Å². The molecule has 1 aliphatic rings. The van der Waals surface area contributed by atoms with Crippen molar-refractivity contribution >= 4 is 22.4 Å². The van der Waals surface area contributed by atoms with Crippen molar-refractivity contribution in [3.63, 3.8) is 0 Å². The first-order valence-corrected chi connectivity index (χ1v) is 8.26. The molecule has 1 aliphatic carbocycles. The van der Waals surface area contributed by atoms with Gasteiger partial charge in [-0.15, -0.1) is 11.3 Å². The summed E-state index contributed by atoms with van der Waals surface area (Å²) in [6.07, 6.45) is 1.44. The van der Waals surface area contributed by atoms with Gasteiger partial charge < -0.3 is 15.8 Å². The van der Waals surface area contributed by atoms with Gasteiger partial charge in [-0.2, -0.15) is 0 Å². The minimum atomic E-state index is -0.904. The van der Waals surface area contributed by atoms with E-state index in [9.17, 15) is 4.79 Å². The smallest absolute Gasteiger partial charge is 0.246 e. The predicted molar refractivity (Wildman–Crippen MR) is 85.6 cm³/mol. The minimum absolute atomic E-state index is 0.0301. The maximum absolute atomic E-state index is 12.6. The number of nitrogens with two attached hydrogens (primary N) is 1. The van der Waals surface area contributed by atoms with Gasteiger partial charge in [0.05, 0.1) is 11.8 Å². The third-order valence-corrected chi connectivity index (χ3v) is 5.61. The monoisotopic (exact) mass is 311 g/mol. The van der Waals surface area contributed by atoms with Gasteiger partial charge in [0.15, 0.2) is 5.13 Å². The van der Waals surface area contributed by atoms with Crippen LogP contribution < -0.4 is 11.1 Å². The third kappa shape index (κ3) is 2.60. The van der Waals surface area contributed by atoms with Crippen LogP contribution in [0, 0.1) is 12.3 Å². The van der Waals surface area contributed by atoms with Gasteiger partial charge in [-0.05, 0) is 20.3 Å². The summed E-state index contributed by atoms with van der Waals surface area (Å²) in [7, 11) is 0. The number of thiazole rings is 1. The summed E-state index contributed by atoms with van der Waals surface area (Å²) in [4.78, 5) is 18.1. The largest absolute Gasteiger partial charge is 0.378 e. The number of hydrogen-bond acceptors (Lipinski definition) is 5. The number of anilines is 1. The molecule has 5 nitrogen and oxygen atoms in total. The molecule has 0 bridgehead atoms. The third-order valence-electron chi connectivity index (χ3n) is 4.68. The van der Waals surface area contributed by atoms with Gasteiger partial charge in [-0.25, -0.2) is 4.98 Å². The van der Waals surface area contributed by atoms with Crippen molar-refractivity contribution < 1.29 is 9.53 Å². The number of hydrogen-bond donors (Lipinski definition) is 2. The van der Waals surface area contributed by atoms with Crippen molar-refractivity contribution in [1.29, 1.82) is 0 Å². The summed E-state index contributed by atoms with van der Waals surface area (Å²) in [5.41, 5.74) is 6.10. The summed E-state index contributed by atoms with van der Waals surface area (Å²) >= 11 is 1.50. The molecular formula is C15H25N3O2S. The molecule has 1 amide bonds. The van der Waals surface area contributed by atoms with Gasteiger partial charge in [-0.1, -0.05) is 20.8 Å². The predicted octanol–water partition coefficient (Wildman–Crippen LogP) is 2.48. The fourth-order valence-corrected chi connectivity index (χ4v) is 3.74. The Hall–Kier alpha value is -0.980. The molecule has 6 heteroatoms. The van der Waals surface area contributed by atoms with E-state index in [1.54, 1.807) is 0 Å². The van der Waals surface area contributed by atoms with Crippen molar-refractivity contribution in [1.82, 2.24) is 4.98 Å². The second-order valence-electron chi connectivity index (χ2n) is 6.17. The molecule has 0 aromatic carbocycles. The average molecular weight is 311 g/mol. The number of aryl methyl sites for hydroxylation is 2. The molecule has 0 saturated heterocycles. The van der Waals surface area contributed by atoms with Crippen LogP contribution in [0.25, 0.3) is 0 Å². The molecule has 1 aromatic rings. The number of amides is 1. The lowest BCUT2D eigenvalue weighted by molar-refractivity contribution is -0.166. The van der Waals surface area contributed by atoms with Crippen LogP contribution >= 0.6 is 11.3 Å². The number of ether oxygens (including phenoxy) is 1. The van der Waals surface area contributed by atoms with E-state index in [1.165, 1.54) is 11.3 Å². The summed E-state index contributed by atoms with van der Waals surface area (Å²) in [5.74, 6) is -0.167. The van der Waals surface area contributed by atoms with Gasteiger partial charge in [-0.3, -0.25) is 4.79 Å². The van der Waals surface area contributed by atoms with Crippen LogP contribution in [0.3, 0.4) is 0 Å². The van der Waals surface area contributed by atoms with E-state index in [-0.39, 0.29) is 17.4 Å². The Balaban J connectivity index is 2.10. The Morgan fingerprint density at radius 2 is 2.19 bits per heavy atom. The fraction of sp³-hybridized carbons (Fsp3) is 0.733. The van der Waals surface area contributed by atoms with E-state index in [4.69, 9.17) is 10.5 Å². The van der Waals surface area contributed by atoms with Crippen molar-refractivity contribution in [2.75, 3.05) is 11.9 Å². The highest BCUT2D eigenvalue weighted by Gasteiger charge is 2.63. The lowest BCUT2D eigenvalue weighted by atomic mass is 9.54. The van der Waals surface area contributed by atoms with Crippen LogP contribution in [0.15, 0.2) is 0 Å². The Morgan fingerprint density at radius 1 is 1.52 bits per heavy atom. The van der Waals surface area contributed by atoms with E-state index in [0.717, 1.165) is 17.0 Å². The zero-order valence-electron chi connectivity index (χ0n) is 13.4. The molecule has 118 valence electrons. The number of aromatic nitrogens is 1. The zero-order chi connectivity index (χ0) is 15.8. The quantitative estimate of drug-likeness (QED) is 0.876. The lowest BCUT2D eigenvalue weighted by Crippen LogP contribution is -2.74. The van der Waals surface area contributed by atoms with Crippen molar-refractivity contribution in [3.8, 4) is 0 Å². The SMILES string of the molecule is CCOC1CC(N)(C(=O)Nc2nc(CC)c(C)s2)C1(C)C. The number of nitrogens with one attached hydrogen (secondary N) is 1. The van der Waals surface area contributed by atoms with Crippen LogP contribution in [0.4, 0.5) is 5.13 Å². The topological polar surface area (TPSA) is 77.2 Å². The van der Waals surface area contributed by atoms with Gasteiger partial charge >= 0.3 is 0 Å². The van der Waals surface area contributed by atoms with E-state index in [1.807, 2.05) is 27.7 Å². The Labute approximate surface area is 130 Å². The first-order valence-electron chi connectivity index (χ1n) is 7.44. The Bertz CT molecular complexity index is 541. The van der Waals surface area contributed by atoms with E-state index < -0.39 is 5.54 Å². The van der Waals surface area contributed by atoms with Crippen molar-refractivity contribution in [3.05, 3.63) is 10.6 Å². The lowest BCUT2D eigenvalue weighted by Gasteiger charge is -2.57. The highest BCUT2D eigenvalue weighted by atomic mass is 32.1.